The van der Waals surface area contributed by atoms with E-state index in [1.807, 2.05) is 0 Å². The quantitative estimate of drug-likeness (QED) is 0.802. The van der Waals surface area contributed by atoms with Gasteiger partial charge in [0.05, 0.1) is 6.04 Å². The van der Waals surface area contributed by atoms with Gasteiger partial charge in [-0.05, 0) is 31.6 Å². The Morgan fingerprint density at radius 3 is 2.71 bits per heavy atom. The summed E-state index contributed by atoms with van der Waals surface area (Å²) in [6, 6.07) is 0.133. The van der Waals surface area contributed by atoms with Crippen LogP contribution in [0.1, 0.15) is 59.3 Å². The number of hydrogen-bond donors (Lipinski definition) is 1. The van der Waals surface area contributed by atoms with Crippen molar-refractivity contribution in [2.75, 3.05) is 6.54 Å². The van der Waals surface area contributed by atoms with E-state index in [-0.39, 0.29) is 11.9 Å². The third-order valence-electron chi connectivity index (χ3n) is 3.90. The van der Waals surface area contributed by atoms with Gasteiger partial charge in [0.15, 0.2) is 0 Å². The van der Waals surface area contributed by atoms with Crippen molar-refractivity contribution < 1.29 is 4.79 Å². The summed E-state index contributed by atoms with van der Waals surface area (Å²) in [5.41, 5.74) is 5.97. The van der Waals surface area contributed by atoms with E-state index in [1.54, 1.807) is 0 Å². The smallest absolute Gasteiger partial charge is 0.239 e. The van der Waals surface area contributed by atoms with E-state index in [9.17, 15) is 4.79 Å². The molecule has 0 spiro atoms. The van der Waals surface area contributed by atoms with Gasteiger partial charge in [-0.25, -0.2) is 0 Å². The summed E-state index contributed by atoms with van der Waals surface area (Å²) in [6.45, 7) is 7.45. The number of hydrogen-bond acceptors (Lipinski definition) is 2. The lowest BCUT2D eigenvalue weighted by atomic mass is 9.87. The zero-order valence-corrected chi connectivity index (χ0v) is 11.6. The van der Waals surface area contributed by atoms with Crippen LogP contribution in [0.15, 0.2) is 0 Å². The van der Waals surface area contributed by atoms with Crippen LogP contribution in [0.25, 0.3) is 0 Å². The number of nitrogens with zero attached hydrogens (tertiary/aromatic N) is 1. The molecule has 0 aromatic heterocycles. The average Bonchev–Trinajstić information content (AvgIpc) is 2.31. The molecule has 0 bridgehead atoms. The van der Waals surface area contributed by atoms with Crippen LogP contribution >= 0.6 is 0 Å². The fraction of sp³-hybridized carbons (Fsp3) is 0.929. The Balaban J connectivity index is 2.67. The minimum atomic E-state index is -0.287. The Morgan fingerprint density at radius 1 is 1.41 bits per heavy atom. The van der Waals surface area contributed by atoms with Gasteiger partial charge in [-0.2, -0.15) is 0 Å². The van der Waals surface area contributed by atoms with Gasteiger partial charge in [-0.3, -0.25) is 4.79 Å². The number of nitrogens with two attached hydrogens (primary N) is 1. The first kappa shape index (κ1) is 14.5. The largest absolute Gasteiger partial charge is 0.338 e. The molecular weight excluding hydrogens is 212 g/mol. The summed E-state index contributed by atoms with van der Waals surface area (Å²) in [5, 5.41) is 0. The first-order valence-corrected chi connectivity index (χ1v) is 7.17. The maximum atomic E-state index is 12.3. The van der Waals surface area contributed by atoms with Crippen LogP contribution in [0.3, 0.4) is 0 Å². The molecule has 1 rings (SSSR count). The summed E-state index contributed by atoms with van der Waals surface area (Å²) in [4.78, 5) is 14.4. The van der Waals surface area contributed by atoms with E-state index in [1.165, 1.54) is 6.42 Å². The summed E-state index contributed by atoms with van der Waals surface area (Å²) < 4.78 is 0. The predicted molar refractivity (Wildman–Crippen MR) is 71.7 cm³/mol. The lowest BCUT2D eigenvalue weighted by molar-refractivity contribution is -0.138. The Bertz CT molecular complexity index is 242. The molecule has 1 fully saturated rings. The van der Waals surface area contributed by atoms with E-state index in [0.717, 1.165) is 38.6 Å². The van der Waals surface area contributed by atoms with Crippen molar-refractivity contribution in [3.63, 3.8) is 0 Å². The van der Waals surface area contributed by atoms with Crippen molar-refractivity contribution in [1.29, 1.82) is 0 Å². The van der Waals surface area contributed by atoms with E-state index < -0.39 is 0 Å². The molecule has 1 amide bonds. The Labute approximate surface area is 106 Å². The number of piperidine rings is 1. The Morgan fingerprint density at radius 2 is 2.12 bits per heavy atom. The number of carbonyl (C=O) groups excluding carboxylic acids is 1. The molecule has 2 N–H and O–H groups in total. The lowest BCUT2D eigenvalue weighted by Gasteiger charge is -2.41. The van der Waals surface area contributed by atoms with Crippen LogP contribution < -0.4 is 5.73 Å². The van der Waals surface area contributed by atoms with Crippen molar-refractivity contribution in [2.24, 2.45) is 11.7 Å². The molecule has 1 aliphatic rings. The zero-order valence-electron chi connectivity index (χ0n) is 11.6. The monoisotopic (exact) mass is 240 g/mol. The van der Waals surface area contributed by atoms with Crippen molar-refractivity contribution in [1.82, 2.24) is 4.90 Å². The minimum absolute atomic E-state index is 0.178. The van der Waals surface area contributed by atoms with Crippen LogP contribution in [0, 0.1) is 5.92 Å². The molecule has 3 heteroatoms. The molecule has 0 aromatic carbocycles. The number of amides is 1. The van der Waals surface area contributed by atoms with Crippen LogP contribution in [-0.4, -0.2) is 29.4 Å². The molecule has 0 aliphatic carbocycles. The van der Waals surface area contributed by atoms with E-state index in [4.69, 9.17) is 5.73 Å². The number of likely N-dealkylation sites (tertiary alicyclic amines) is 1. The van der Waals surface area contributed by atoms with Crippen molar-refractivity contribution >= 4 is 5.91 Å². The van der Waals surface area contributed by atoms with Crippen LogP contribution in [0.2, 0.25) is 0 Å². The topological polar surface area (TPSA) is 46.3 Å². The molecule has 1 heterocycles. The molecule has 100 valence electrons. The highest BCUT2D eigenvalue weighted by molar-refractivity contribution is 5.82. The summed E-state index contributed by atoms with van der Waals surface area (Å²) in [7, 11) is 0. The molecule has 0 aromatic rings. The maximum Gasteiger partial charge on any atom is 0.239 e. The molecule has 0 saturated carbocycles. The summed E-state index contributed by atoms with van der Waals surface area (Å²) in [6.07, 6.45) is 6.42. The van der Waals surface area contributed by atoms with Crippen LogP contribution in [-0.2, 0) is 4.79 Å². The van der Waals surface area contributed by atoms with Gasteiger partial charge in [0.1, 0.15) is 0 Å². The fourth-order valence-electron chi connectivity index (χ4n) is 2.91. The SMILES string of the molecule is CCCC(N)C(=O)N1CCCC(C)C1CCC. The maximum absolute atomic E-state index is 12.3. The second-order valence-corrected chi connectivity index (χ2v) is 5.40. The van der Waals surface area contributed by atoms with Gasteiger partial charge in [0.2, 0.25) is 5.91 Å². The highest BCUT2D eigenvalue weighted by Crippen LogP contribution is 2.27. The molecule has 1 saturated heterocycles. The second-order valence-electron chi connectivity index (χ2n) is 5.40. The van der Waals surface area contributed by atoms with Gasteiger partial charge in [-0.15, -0.1) is 0 Å². The predicted octanol–water partition coefficient (Wildman–Crippen LogP) is 2.54. The van der Waals surface area contributed by atoms with E-state index >= 15 is 0 Å². The van der Waals surface area contributed by atoms with Crippen molar-refractivity contribution in [3.05, 3.63) is 0 Å². The Kier molecular flexibility index (Phi) is 5.96. The second kappa shape index (κ2) is 7.00. The number of rotatable bonds is 5. The van der Waals surface area contributed by atoms with Crippen molar-refractivity contribution in [2.45, 2.75) is 71.4 Å². The van der Waals surface area contributed by atoms with Gasteiger partial charge in [0.25, 0.3) is 0 Å². The third-order valence-corrected chi connectivity index (χ3v) is 3.90. The first-order chi connectivity index (χ1) is 8.11. The standard InChI is InChI=1S/C14H28N2O/c1-4-7-12(15)14(17)16-10-6-9-11(3)13(16)8-5-2/h11-13H,4-10,15H2,1-3H3. The van der Waals surface area contributed by atoms with Gasteiger partial charge >= 0.3 is 0 Å². The molecule has 0 radical (unpaired) electrons. The fourth-order valence-corrected chi connectivity index (χ4v) is 2.91. The van der Waals surface area contributed by atoms with Gasteiger partial charge in [-0.1, -0.05) is 33.6 Å². The van der Waals surface area contributed by atoms with Crippen LogP contribution in [0.4, 0.5) is 0 Å². The molecule has 3 nitrogen and oxygen atoms in total. The third kappa shape index (κ3) is 3.70. The van der Waals surface area contributed by atoms with E-state index in [0.29, 0.717) is 12.0 Å². The molecule has 3 atom stereocenters. The number of carbonyl (C=O) groups is 1. The lowest BCUT2D eigenvalue weighted by Crippen LogP contribution is -2.53. The van der Waals surface area contributed by atoms with Crippen molar-refractivity contribution in [3.8, 4) is 0 Å². The molecule has 3 unspecified atom stereocenters. The van der Waals surface area contributed by atoms with Crippen LogP contribution in [0.5, 0.6) is 0 Å². The average molecular weight is 240 g/mol. The van der Waals surface area contributed by atoms with Gasteiger partial charge < -0.3 is 10.6 Å². The molecule has 17 heavy (non-hydrogen) atoms. The zero-order chi connectivity index (χ0) is 12.8. The first-order valence-electron chi connectivity index (χ1n) is 7.17. The Hall–Kier alpha value is -0.570. The summed E-state index contributed by atoms with van der Waals surface area (Å²) >= 11 is 0. The van der Waals surface area contributed by atoms with E-state index in [2.05, 4.69) is 25.7 Å². The highest BCUT2D eigenvalue weighted by Gasteiger charge is 2.32. The summed E-state index contributed by atoms with van der Waals surface area (Å²) in [5.74, 6) is 0.804. The van der Waals surface area contributed by atoms with Gasteiger partial charge in [0, 0.05) is 12.6 Å². The highest BCUT2D eigenvalue weighted by atomic mass is 16.2. The minimum Gasteiger partial charge on any atom is -0.338 e. The molecule has 1 aliphatic heterocycles. The normalized spacial score (nSPS) is 26.9. The molecular formula is C14H28N2O.